The van der Waals surface area contributed by atoms with Crippen LogP contribution in [0.25, 0.3) is 11.0 Å². The van der Waals surface area contributed by atoms with E-state index in [0.717, 1.165) is 29.7 Å². The molecule has 1 aromatic heterocycles. The predicted octanol–water partition coefficient (Wildman–Crippen LogP) is 5.03. The summed E-state index contributed by atoms with van der Waals surface area (Å²) in [4.78, 5) is 17.5. The predicted molar refractivity (Wildman–Crippen MR) is 130 cm³/mol. The fraction of sp³-hybridized carbons (Fsp3) is 0.259. The second-order valence-corrected chi connectivity index (χ2v) is 7.90. The lowest BCUT2D eigenvalue weighted by molar-refractivity contribution is 0.0952. The van der Waals surface area contributed by atoms with Gasteiger partial charge in [-0.05, 0) is 49.2 Å². The molecule has 0 spiro atoms. The number of para-hydroxylation sites is 2. The molecule has 1 atom stereocenters. The van der Waals surface area contributed by atoms with Crippen LogP contribution in [0.1, 0.15) is 41.1 Å². The van der Waals surface area contributed by atoms with Crippen molar-refractivity contribution in [2.75, 3.05) is 20.8 Å². The summed E-state index contributed by atoms with van der Waals surface area (Å²) in [5.41, 5.74) is 3.89. The highest BCUT2D eigenvalue weighted by atomic mass is 16.5. The van der Waals surface area contributed by atoms with Gasteiger partial charge in [-0.25, -0.2) is 4.98 Å². The fourth-order valence-electron chi connectivity index (χ4n) is 4.11. The Morgan fingerprint density at radius 2 is 1.70 bits per heavy atom. The van der Waals surface area contributed by atoms with Crippen molar-refractivity contribution >= 4 is 16.9 Å². The Morgan fingerprint density at radius 1 is 0.970 bits per heavy atom. The quantitative estimate of drug-likeness (QED) is 0.369. The Bertz CT molecular complexity index is 1230. The Balaban J connectivity index is 1.45. The Kier molecular flexibility index (Phi) is 6.93. The third-order valence-corrected chi connectivity index (χ3v) is 5.85. The summed E-state index contributed by atoms with van der Waals surface area (Å²) in [6, 6.07) is 24.0. The van der Waals surface area contributed by atoms with Crippen molar-refractivity contribution in [1.82, 2.24) is 14.9 Å². The second-order valence-electron chi connectivity index (χ2n) is 7.90. The van der Waals surface area contributed by atoms with Gasteiger partial charge in [0.15, 0.2) is 11.5 Å². The number of aryl methyl sites for hydroxylation is 1. The summed E-state index contributed by atoms with van der Waals surface area (Å²) in [5, 5.41) is 3.00. The van der Waals surface area contributed by atoms with Gasteiger partial charge in [0.1, 0.15) is 5.82 Å². The summed E-state index contributed by atoms with van der Waals surface area (Å²) in [6.45, 7) is 2.75. The molecule has 0 radical (unpaired) electrons. The number of imidazole rings is 1. The molecule has 3 aromatic carbocycles. The summed E-state index contributed by atoms with van der Waals surface area (Å²) < 4.78 is 12.8. The van der Waals surface area contributed by atoms with E-state index in [4.69, 9.17) is 14.5 Å². The van der Waals surface area contributed by atoms with Crippen LogP contribution in [0.2, 0.25) is 0 Å². The number of carbonyl (C=O) groups is 1. The molecule has 33 heavy (non-hydrogen) atoms. The summed E-state index contributed by atoms with van der Waals surface area (Å²) in [5.74, 6) is 2.02. The van der Waals surface area contributed by atoms with Crippen LogP contribution < -0.4 is 14.8 Å². The molecule has 1 heterocycles. The van der Waals surface area contributed by atoms with Crippen LogP contribution in [0.3, 0.4) is 0 Å². The standard InChI is InChI=1S/C27H29N3O3/c1-19(20-10-5-4-6-11-20)30-23-13-8-7-12-22(23)29-26(30)14-9-17-28-27(31)21-15-16-24(32-2)25(18-21)33-3/h4-8,10-13,15-16,18-19H,9,14,17H2,1-3H3,(H,28,31). The van der Waals surface area contributed by atoms with Gasteiger partial charge in [0.05, 0.1) is 31.3 Å². The molecule has 1 N–H and O–H groups in total. The topological polar surface area (TPSA) is 65.4 Å². The summed E-state index contributed by atoms with van der Waals surface area (Å²) in [6.07, 6.45) is 1.54. The third-order valence-electron chi connectivity index (χ3n) is 5.85. The first kappa shape index (κ1) is 22.4. The van der Waals surface area contributed by atoms with Crippen molar-refractivity contribution in [1.29, 1.82) is 0 Å². The van der Waals surface area contributed by atoms with Crippen LogP contribution in [0.5, 0.6) is 11.5 Å². The summed E-state index contributed by atoms with van der Waals surface area (Å²) in [7, 11) is 3.13. The molecule has 0 bridgehead atoms. The number of nitrogens with one attached hydrogen (secondary N) is 1. The first-order chi connectivity index (χ1) is 16.1. The van der Waals surface area contributed by atoms with Gasteiger partial charge in [-0.1, -0.05) is 42.5 Å². The molecular formula is C27H29N3O3. The first-order valence-corrected chi connectivity index (χ1v) is 11.1. The molecule has 0 aliphatic heterocycles. The lowest BCUT2D eigenvalue weighted by atomic mass is 10.1. The zero-order valence-corrected chi connectivity index (χ0v) is 19.2. The fourth-order valence-corrected chi connectivity index (χ4v) is 4.11. The highest BCUT2D eigenvalue weighted by molar-refractivity contribution is 5.94. The minimum absolute atomic E-state index is 0.137. The average Bonchev–Trinajstić information content (AvgIpc) is 3.24. The van der Waals surface area contributed by atoms with Gasteiger partial charge in [0.2, 0.25) is 0 Å². The van der Waals surface area contributed by atoms with E-state index >= 15 is 0 Å². The highest BCUT2D eigenvalue weighted by Crippen LogP contribution is 2.28. The zero-order valence-electron chi connectivity index (χ0n) is 19.2. The molecule has 0 saturated carbocycles. The van der Waals surface area contributed by atoms with Crippen molar-refractivity contribution in [2.45, 2.75) is 25.8 Å². The smallest absolute Gasteiger partial charge is 0.251 e. The van der Waals surface area contributed by atoms with Gasteiger partial charge in [-0.3, -0.25) is 4.79 Å². The van der Waals surface area contributed by atoms with Gasteiger partial charge in [-0.2, -0.15) is 0 Å². The van der Waals surface area contributed by atoms with Crippen LogP contribution in [-0.4, -0.2) is 36.2 Å². The van der Waals surface area contributed by atoms with E-state index in [1.165, 1.54) is 5.56 Å². The van der Waals surface area contributed by atoms with E-state index in [9.17, 15) is 4.79 Å². The van der Waals surface area contributed by atoms with Crippen LogP contribution in [0.15, 0.2) is 72.8 Å². The van der Waals surface area contributed by atoms with E-state index in [2.05, 4.69) is 47.1 Å². The number of nitrogens with zero attached hydrogens (tertiary/aromatic N) is 2. The largest absolute Gasteiger partial charge is 0.493 e. The average molecular weight is 444 g/mol. The molecule has 0 aliphatic rings. The van der Waals surface area contributed by atoms with Gasteiger partial charge in [0.25, 0.3) is 5.91 Å². The maximum Gasteiger partial charge on any atom is 0.251 e. The Labute approximate surface area is 194 Å². The molecule has 0 aliphatic carbocycles. The molecule has 4 aromatic rings. The number of carbonyl (C=O) groups excluding carboxylic acids is 1. The van der Waals surface area contributed by atoms with Crippen LogP contribution >= 0.6 is 0 Å². The molecule has 6 nitrogen and oxygen atoms in total. The van der Waals surface area contributed by atoms with E-state index in [-0.39, 0.29) is 11.9 Å². The lowest BCUT2D eigenvalue weighted by Gasteiger charge is -2.18. The minimum Gasteiger partial charge on any atom is -0.493 e. The molecule has 170 valence electrons. The SMILES string of the molecule is COc1ccc(C(=O)NCCCc2nc3ccccc3n2C(C)c2ccccc2)cc1OC. The van der Waals surface area contributed by atoms with E-state index in [0.29, 0.717) is 23.6 Å². The molecule has 1 amide bonds. The van der Waals surface area contributed by atoms with Crippen molar-refractivity contribution in [3.05, 3.63) is 89.7 Å². The van der Waals surface area contributed by atoms with E-state index in [1.54, 1.807) is 32.4 Å². The molecule has 0 fully saturated rings. The zero-order chi connectivity index (χ0) is 23.2. The Hall–Kier alpha value is -3.80. The second kappa shape index (κ2) is 10.2. The molecule has 0 saturated heterocycles. The van der Waals surface area contributed by atoms with E-state index in [1.807, 2.05) is 24.3 Å². The minimum atomic E-state index is -0.137. The number of fused-ring (bicyclic) bond motifs is 1. The lowest BCUT2D eigenvalue weighted by Crippen LogP contribution is -2.25. The van der Waals surface area contributed by atoms with Crippen molar-refractivity contribution in [3.8, 4) is 11.5 Å². The molecule has 1 unspecified atom stereocenters. The molecular weight excluding hydrogens is 414 g/mol. The number of rotatable bonds is 9. The number of hydrogen-bond donors (Lipinski definition) is 1. The molecule has 4 rings (SSSR count). The highest BCUT2D eigenvalue weighted by Gasteiger charge is 2.17. The number of aromatic nitrogens is 2. The monoisotopic (exact) mass is 443 g/mol. The molecule has 6 heteroatoms. The van der Waals surface area contributed by atoms with Crippen molar-refractivity contribution in [2.24, 2.45) is 0 Å². The number of methoxy groups -OCH3 is 2. The maximum absolute atomic E-state index is 12.6. The third kappa shape index (κ3) is 4.85. The van der Waals surface area contributed by atoms with Gasteiger partial charge in [0, 0.05) is 18.5 Å². The van der Waals surface area contributed by atoms with Crippen molar-refractivity contribution < 1.29 is 14.3 Å². The number of ether oxygens (including phenoxy) is 2. The maximum atomic E-state index is 12.6. The van der Waals surface area contributed by atoms with Crippen molar-refractivity contribution in [3.63, 3.8) is 0 Å². The van der Waals surface area contributed by atoms with Gasteiger partial charge < -0.3 is 19.4 Å². The number of benzene rings is 3. The van der Waals surface area contributed by atoms with Crippen LogP contribution in [0, 0.1) is 0 Å². The number of amides is 1. The van der Waals surface area contributed by atoms with Gasteiger partial charge >= 0.3 is 0 Å². The van der Waals surface area contributed by atoms with Gasteiger partial charge in [-0.15, -0.1) is 0 Å². The van der Waals surface area contributed by atoms with E-state index < -0.39 is 0 Å². The van der Waals surface area contributed by atoms with Crippen LogP contribution in [-0.2, 0) is 6.42 Å². The first-order valence-electron chi connectivity index (χ1n) is 11.1. The normalized spacial score (nSPS) is 11.8. The van der Waals surface area contributed by atoms with Crippen LogP contribution in [0.4, 0.5) is 0 Å². The Morgan fingerprint density at radius 3 is 2.45 bits per heavy atom. The summed E-state index contributed by atoms with van der Waals surface area (Å²) >= 11 is 0. The number of hydrogen-bond acceptors (Lipinski definition) is 4.